The van der Waals surface area contributed by atoms with E-state index in [-0.39, 0.29) is 0 Å². The molecule has 1 saturated carbocycles. The monoisotopic (exact) mass is 217 g/mol. The first-order valence-corrected chi connectivity index (χ1v) is 6.30. The number of hydrogen-bond donors (Lipinski definition) is 1. The van der Waals surface area contributed by atoms with Crippen LogP contribution in [0.2, 0.25) is 0 Å². The topological polar surface area (TPSA) is 23.5 Å². The Kier molecular flexibility index (Phi) is 2.60. The molecule has 2 saturated heterocycles. The van der Waals surface area contributed by atoms with Gasteiger partial charge in [0.1, 0.15) is 5.75 Å². The Labute approximate surface area is 96.9 Å². The van der Waals surface area contributed by atoms with E-state index in [9.17, 15) is 5.11 Å². The van der Waals surface area contributed by atoms with Crippen LogP contribution in [0.4, 0.5) is 0 Å². The predicted molar refractivity (Wildman–Crippen MR) is 64.5 cm³/mol. The van der Waals surface area contributed by atoms with Gasteiger partial charge in [-0.3, -0.25) is 0 Å². The van der Waals surface area contributed by atoms with E-state index >= 15 is 0 Å². The fraction of sp³-hybridized carbons (Fsp3) is 0.571. The molecule has 2 nitrogen and oxygen atoms in total. The summed E-state index contributed by atoms with van der Waals surface area (Å²) in [5.41, 5.74) is 1.08. The molecule has 1 N–H and O–H groups in total. The summed E-state index contributed by atoms with van der Waals surface area (Å²) < 4.78 is 0. The van der Waals surface area contributed by atoms with Crippen LogP contribution in [0.1, 0.15) is 18.4 Å². The molecule has 1 aliphatic carbocycles. The van der Waals surface area contributed by atoms with E-state index in [2.05, 4.69) is 4.90 Å². The Hall–Kier alpha value is -1.02. The largest absolute Gasteiger partial charge is 0.508 e. The van der Waals surface area contributed by atoms with Crippen molar-refractivity contribution in [2.75, 3.05) is 19.6 Å². The van der Waals surface area contributed by atoms with Crippen molar-refractivity contribution < 1.29 is 5.11 Å². The molecule has 0 atom stereocenters. The first kappa shape index (κ1) is 10.2. The van der Waals surface area contributed by atoms with Crippen molar-refractivity contribution in [1.82, 2.24) is 4.90 Å². The molecule has 0 amide bonds. The van der Waals surface area contributed by atoms with Crippen LogP contribution in [0.15, 0.2) is 24.3 Å². The van der Waals surface area contributed by atoms with Crippen LogP contribution in [0.5, 0.6) is 5.75 Å². The van der Waals surface area contributed by atoms with Gasteiger partial charge in [-0.2, -0.15) is 0 Å². The molecular formula is C14H19NO. The van der Waals surface area contributed by atoms with Gasteiger partial charge in [0.25, 0.3) is 0 Å². The summed E-state index contributed by atoms with van der Waals surface area (Å²) >= 11 is 0. The summed E-state index contributed by atoms with van der Waals surface area (Å²) in [6.07, 6.45) is 3.91. The van der Waals surface area contributed by atoms with Crippen LogP contribution in [-0.2, 0) is 6.42 Å². The molecule has 0 spiro atoms. The van der Waals surface area contributed by atoms with E-state index in [0.29, 0.717) is 5.75 Å². The van der Waals surface area contributed by atoms with Crippen LogP contribution >= 0.6 is 0 Å². The van der Waals surface area contributed by atoms with Crippen molar-refractivity contribution in [1.29, 1.82) is 0 Å². The molecule has 0 radical (unpaired) electrons. The summed E-state index contributed by atoms with van der Waals surface area (Å²) in [5.74, 6) is 2.40. The van der Waals surface area contributed by atoms with Gasteiger partial charge in [-0.1, -0.05) is 18.2 Å². The molecule has 86 valence electrons. The number of para-hydroxylation sites is 1. The Morgan fingerprint density at radius 3 is 2.50 bits per heavy atom. The Bertz CT molecular complexity index is 361. The summed E-state index contributed by atoms with van der Waals surface area (Å²) in [5, 5.41) is 9.68. The number of piperidine rings is 2. The van der Waals surface area contributed by atoms with Gasteiger partial charge < -0.3 is 10.0 Å². The third kappa shape index (κ3) is 1.94. The number of fused-ring (bicyclic) bond motifs is 2. The van der Waals surface area contributed by atoms with Crippen molar-refractivity contribution in [2.24, 2.45) is 11.8 Å². The van der Waals surface area contributed by atoms with E-state index < -0.39 is 0 Å². The van der Waals surface area contributed by atoms with Crippen LogP contribution in [0.25, 0.3) is 0 Å². The van der Waals surface area contributed by atoms with Crippen LogP contribution < -0.4 is 0 Å². The Morgan fingerprint density at radius 1 is 1.12 bits per heavy atom. The number of benzene rings is 1. The average molecular weight is 217 g/mol. The maximum atomic E-state index is 9.68. The lowest BCUT2D eigenvalue weighted by atomic mass is 9.71. The minimum atomic E-state index is 0.449. The van der Waals surface area contributed by atoms with E-state index in [1.807, 2.05) is 18.2 Å². The minimum absolute atomic E-state index is 0.449. The number of hydrogen-bond acceptors (Lipinski definition) is 2. The van der Waals surface area contributed by atoms with Gasteiger partial charge in [-0.05, 0) is 42.7 Å². The molecule has 16 heavy (non-hydrogen) atoms. The highest BCUT2D eigenvalue weighted by molar-refractivity contribution is 5.31. The van der Waals surface area contributed by atoms with Crippen molar-refractivity contribution >= 4 is 0 Å². The Morgan fingerprint density at radius 2 is 1.81 bits per heavy atom. The molecule has 2 aliphatic heterocycles. The highest BCUT2D eigenvalue weighted by atomic mass is 16.3. The van der Waals surface area contributed by atoms with Crippen LogP contribution in [0, 0.1) is 11.8 Å². The fourth-order valence-electron chi connectivity index (χ4n) is 3.16. The van der Waals surface area contributed by atoms with Gasteiger partial charge in [0.2, 0.25) is 0 Å². The molecular weight excluding hydrogens is 198 g/mol. The smallest absolute Gasteiger partial charge is 0.118 e. The second-order valence-electron chi connectivity index (χ2n) is 5.34. The van der Waals surface area contributed by atoms with Gasteiger partial charge in [0.15, 0.2) is 0 Å². The maximum Gasteiger partial charge on any atom is 0.118 e. The molecule has 1 aromatic carbocycles. The molecule has 4 rings (SSSR count). The normalized spacial score (nSPS) is 28.8. The molecule has 3 fully saturated rings. The lowest BCUT2D eigenvalue weighted by molar-refractivity contribution is 0.0283. The quantitative estimate of drug-likeness (QED) is 0.839. The minimum Gasteiger partial charge on any atom is -0.508 e. The average Bonchev–Trinajstić information content (AvgIpc) is 2.27. The fourth-order valence-corrected chi connectivity index (χ4v) is 3.16. The van der Waals surface area contributed by atoms with Gasteiger partial charge >= 0.3 is 0 Å². The molecule has 0 unspecified atom stereocenters. The van der Waals surface area contributed by atoms with Gasteiger partial charge in [-0.25, -0.2) is 0 Å². The van der Waals surface area contributed by atoms with Crippen molar-refractivity contribution in [2.45, 2.75) is 19.3 Å². The first-order chi connectivity index (χ1) is 7.81. The van der Waals surface area contributed by atoms with Crippen LogP contribution in [-0.4, -0.2) is 29.6 Å². The molecule has 3 aliphatic rings. The third-order valence-electron chi connectivity index (χ3n) is 4.06. The second-order valence-corrected chi connectivity index (χ2v) is 5.34. The predicted octanol–water partition coefficient (Wildman–Crippen LogP) is 2.28. The van der Waals surface area contributed by atoms with Gasteiger partial charge in [0, 0.05) is 19.6 Å². The molecule has 2 bridgehead atoms. The number of phenols is 1. The van der Waals surface area contributed by atoms with E-state index in [1.165, 1.54) is 25.9 Å². The zero-order valence-corrected chi connectivity index (χ0v) is 9.60. The zero-order chi connectivity index (χ0) is 11.0. The highest BCUT2D eigenvalue weighted by Crippen LogP contribution is 2.39. The van der Waals surface area contributed by atoms with Crippen LogP contribution in [0.3, 0.4) is 0 Å². The maximum absolute atomic E-state index is 9.68. The first-order valence-electron chi connectivity index (χ1n) is 6.30. The highest BCUT2D eigenvalue weighted by Gasteiger charge is 2.36. The van der Waals surface area contributed by atoms with E-state index in [4.69, 9.17) is 0 Å². The number of rotatable bonds is 3. The summed E-state index contributed by atoms with van der Waals surface area (Å²) in [6.45, 7) is 3.67. The Balaban J connectivity index is 1.55. The second kappa shape index (κ2) is 4.10. The molecule has 1 aromatic rings. The van der Waals surface area contributed by atoms with Crippen molar-refractivity contribution in [3.05, 3.63) is 29.8 Å². The number of phenolic OH excluding ortho intramolecular Hbond substituents is 1. The lowest BCUT2D eigenvalue weighted by Crippen LogP contribution is -2.49. The van der Waals surface area contributed by atoms with Crippen molar-refractivity contribution in [3.8, 4) is 5.75 Å². The lowest BCUT2D eigenvalue weighted by Gasteiger charge is -2.47. The number of aromatic hydroxyl groups is 1. The van der Waals surface area contributed by atoms with Gasteiger partial charge in [-0.15, -0.1) is 0 Å². The van der Waals surface area contributed by atoms with E-state index in [1.54, 1.807) is 6.07 Å². The summed E-state index contributed by atoms with van der Waals surface area (Å²) in [6, 6.07) is 7.70. The molecule has 0 aromatic heterocycles. The standard InChI is InChI=1S/C14H19NO/c16-14-4-2-1-3-13(14)5-6-15-9-11-7-12(8-11)10-15/h1-4,11-12,16H,5-10H2. The molecule has 2 heterocycles. The zero-order valence-electron chi connectivity index (χ0n) is 9.60. The summed E-state index contributed by atoms with van der Waals surface area (Å²) in [4.78, 5) is 2.56. The third-order valence-corrected chi connectivity index (χ3v) is 4.06. The van der Waals surface area contributed by atoms with E-state index in [0.717, 1.165) is 30.4 Å². The van der Waals surface area contributed by atoms with Crippen molar-refractivity contribution in [3.63, 3.8) is 0 Å². The molecule has 2 heteroatoms. The number of nitrogens with zero attached hydrogens (tertiary/aromatic N) is 1. The SMILES string of the molecule is Oc1ccccc1CCN1CC2CC(C2)C1. The summed E-state index contributed by atoms with van der Waals surface area (Å²) in [7, 11) is 0. The van der Waals surface area contributed by atoms with Gasteiger partial charge in [0.05, 0.1) is 0 Å².